The third kappa shape index (κ3) is 3.85. The van der Waals surface area contributed by atoms with Crippen molar-refractivity contribution >= 4 is 11.4 Å². The van der Waals surface area contributed by atoms with Crippen LogP contribution in [0.5, 0.6) is 5.75 Å². The third-order valence-electron chi connectivity index (χ3n) is 3.72. The summed E-state index contributed by atoms with van der Waals surface area (Å²) in [7, 11) is 0. The molecule has 0 aromatic heterocycles. The summed E-state index contributed by atoms with van der Waals surface area (Å²) < 4.78 is 5.60. The third-order valence-corrected chi connectivity index (χ3v) is 3.72. The van der Waals surface area contributed by atoms with Gasteiger partial charge in [0.15, 0.2) is 5.75 Å². The molecular weight excluding hydrogens is 270 g/mol. The van der Waals surface area contributed by atoms with E-state index in [1.165, 1.54) is 6.07 Å². The van der Waals surface area contributed by atoms with Crippen LogP contribution in [0.3, 0.4) is 0 Å². The Morgan fingerprint density at radius 1 is 1.52 bits per heavy atom. The van der Waals surface area contributed by atoms with Gasteiger partial charge in [-0.15, -0.1) is 0 Å². The molecule has 21 heavy (non-hydrogen) atoms. The Kier molecular flexibility index (Phi) is 5.01. The molecule has 2 N–H and O–H groups in total. The molecule has 0 radical (unpaired) electrons. The molecule has 0 aliphatic carbocycles. The summed E-state index contributed by atoms with van der Waals surface area (Å²) in [5, 5.41) is 11.1. The Balaban J connectivity index is 2.26. The van der Waals surface area contributed by atoms with Crippen LogP contribution in [0.25, 0.3) is 0 Å². The molecule has 1 aliphatic rings. The Labute approximate surface area is 125 Å². The standard InChI is InChI=1S/C15H23N3O3/c1-11(2)21-15-8-13(5-6-14(15)18(19)20)17-7-3-4-12(9-16)10-17/h5-6,8,11-12H,3-4,7,9-10,16H2,1-2H3. The maximum absolute atomic E-state index is 11.1. The molecule has 1 aromatic carbocycles. The summed E-state index contributed by atoms with van der Waals surface area (Å²) >= 11 is 0. The van der Waals surface area contributed by atoms with Crippen LogP contribution in [0, 0.1) is 16.0 Å². The van der Waals surface area contributed by atoms with E-state index in [9.17, 15) is 10.1 Å². The lowest BCUT2D eigenvalue weighted by Crippen LogP contribution is -2.38. The summed E-state index contributed by atoms with van der Waals surface area (Å²) in [5.41, 5.74) is 6.74. The first kappa shape index (κ1) is 15.6. The van der Waals surface area contributed by atoms with E-state index in [0.717, 1.165) is 31.6 Å². The smallest absolute Gasteiger partial charge is 0.311 e. The summed E-state index contributed by atoms with van der Waals surface area (Å²) in [6, 6.07) is 5.10. The second-order valence-electron chi connectivity index (χ2n) is 5.77. The van der Waals surface area contributed by atoms with Gasteiger partial charge in [0.2, 0.25) is 0 Å². The number of benzene rings is 1. The van der Waals surface area contributed by atoms with Crippen LogP contribution in [0.4, 0.5) is 11.4 Å². The van der Waals surface area contributed by atoms with Crippen molar-refractivity contribution in [3.8, 4) is 5.75 Å². The van der Waals surface area contributed by atoms with Gasteiger partial charge in [0, 0.05) is 30.9 Å². The first-order valence-corrected chi connectivity index (χ1v) is 7.41. The number of anilines is 1. The van der Waals surface area contributed by atoms with Gasteiger partial charge in [0.1, 0.15) is 0 Å². The van der Waals surface area contributed by atoms with Crippen LogP contribution in [0.2, 0.25) is 0 Å². The minimum absolute atomic E-state index is 0.0137. The maximum Gasteiger partial charge on any atom is 0.311 e. The average molecular weight is 293 g/mol. The zero-order chi connectivity index (χ0) is 15.4. The molecule has 0 spiro atoms. The quantitative estimate of drug-likeness (QED) is 0.666. The molecule has 1 fully saturated rings. The highest BCUT2D eigenvalue weighted by Crippen LogP contribution is 2.33. The predicted octanol–water partition coefficient (Wildman–Crippen LogP) is 2.56. The van der Waals surface area contributed by atoms with Gasteiger partial charge in [-0.25, -0.2) is 0 Å². The highest BCUT2D eigenvalue weighted by Gasteiger charge is 2.22. The van der Waals surface area contributed by atoms with Crippen molar-refractivity contribution in [1.82, 2.24) is 0 Å². The Morgan fingerprint density at radius 2 is 2.29 bits per heavy atom. The molecule has 1 atom stereocenters. The first-order valence-electron chi connectivity index (χ1n) is 7.41. The Hall–Kier alpha value is -1.82. The van der Waals surface area contributed by atoms with E-state index in [2.05, 4.69) is 4.90 Å². The monoisotopic (exact) mass is 293 g/mol. The van der Waals surface area contributed by atoms with E-state index >= 15 is 0 Å². The number of hydrogen-bond donors (Lipinski definition) is 1. The highest BCUT2D eigenvalue weighted by atomic mass is 16.6. The normalized spacial score (nSPS) is 18.9. The summed E-state index contributed by atoms with van der Waals surface area (Å²) in [4.78, 5) is 12.9. The minimum Gasteiger partial charge on any atom is -0.484 e. The van der Waals surface area contributed by atoms with Crippen LogP contribution in [-0.4, -0.2) is 30.7 Å². The zero-order valence-electron chi connectivity index (χ0n) is 12.6. The number of nitrogens with zero attached hydrogens (tertiary/aromatic N) is 2. The van der Waals surface area contributed by atoms with Crippen molar-refractivity contribution < 1.29 is 9.66 Å². The minimum atomic E-state index is -0.402. The van der Waals surface area contributed by atoms with Crippen LogP contribution < -0.4 is 15.4 Å². The van der Waals surface area contributed by atoms with Crippen LogP contribution >= 0.6 is 0 Å². The number of nitro groups is 1. The van der Waals surface area contributed by atoms with Crippen LogP contribution in [0.15, 0.2) is 18.2 Å². The first-order chi connectivity index (χ1) is 10.0. The number of piperidine rings is 1. The molecule has 2 rings (SSSR count). The topological polar surface area (TPSA) is 81.6 Å². The Morgan fingerprint density at radius 3 is 2.90 bits per heavy atom. The maximum atomic E-state index is 11.1. The van der Waals surface area contributed by atoms with Crippen molar-refractivity contribution in [2.24, 2.45) is 11.7 Å². The summed E-state index contributed by atoms with van der Waals surface area (Å²) in [5.74, 6) is 0.825. The van der Waals surface area contributed by atoms with Gasteiger partial charge < -0.3 is 15.4 Å². The van der Waals surface area contributed by atoms with Crippen molar-refractivity contribution in [2.45, 2.75) is 32.8 Å². The molecule has 1 aliphatic heterocycles. The zero-order valence-corrected chi connectivity index (χ0v) is 12.6. The average Bonchev–Trinajstić information content (AvgIpc) is 2.46. The predicted molar refractivity (Wildman–Crippen MR) is 82.9 cm³/mol. The molecule has 0 saturated carbocycles. The van der Waals surface area contributed by atoms with E-state index in [4.69, 9.17) is 10.5 Å². The highest BCUT2D eigenvalue weighted by molar-refractivity contribution is 5.59. The number of rotatable bonds is 5. The molecule has 1 aromatic rings. The molecule has 0 amide bonds. The van der Waals surface area contributed by atoms with Crippen LogP contribution in [-0.2, 0) is 0 Å². The van der Waals surface area contributed by atoms with Gasteiger partial charge >= 0.3 is 5.69 Å². The number of nitrogens with two attached hydrogens (primary N) is 1. The van der Waals surface area contributed by atoms with Gasteiger partial charge in [0.05, 0.1) is 11.0 Å². The van der Waals surface area contributed by atoms with Gasteiger partial charge in [-0.1, -0.05) is 0 Å². The largest absolute Gasteiger partial charge is 0.484 e. The summed E-state index contributed by atoms with van der Waals surface area (Å²) in [6.45, 7) is 6.26. The molecule has 1 heterocycles. The van der Waals surface area contributed by atoms with Crippen molar-refractivity contribution in [3.63, 3.8) is 0 Å². The Bertz CT molecular complexity index is 505. The van der Waals surface area contributed by atoms with E-state index in [1.807, 2.05) is 13.8 Å². The molecular formula is C15H23N3O3. The number of hydrogen-bond acceptors (Lipinski definition) is 5. The van der Waals surface area contributed by atoms with Crippen molar-refractivity contribution in [1.29, 1.82) is 0 Å². The van der Waals surface area contributed by atoms with Gasteiger partial charge in [-0.05, 0) is 45.2 Å². The van der Waals surface area contributed by atoms with Crippen LogP contribution in [0.1, 0.15) is 26.7 Å². The lowest BCUT2D eigenvalue weighted by Gasteiger charge is -2.34. The van der Waals surface area contributed by atoms with Gasteiger partial charge in [-0.3, -0.25) is 10.1 Å². The van der Waals surface area contributed by atoms with Crippen molar-refractivity contribution in [3.05, 3.63) is 28.3 Å². The van der Waals surface area contributed by atoms with E-state index in [1.54, 1.807) is 12.1 Å². The second-order valence-corrected chi connectivity index (χ2v) is 5.77. The fraction of sp³-hybridized carbons (Fsp3) is 0.600. The molecule has 6 heteroatoms. The SMILES string of the molecule is CC(C)Oc1cc(N2CCCC(CN)C2)ccc1[N+](=O)[O-]. The fourth-order valence-electron chi connectivity index (χ4n) is 2.69. The lowest BCUT2D eigenvalue weighted by atomic mass is 9.98. The van der Waals surface area contributed by atoms with E-state index in [-0.39, 0.29) is 11.8 Å². The van der Waals surface area contributed by atoms with Gasteiger partial charge in [-0.2, -0.15) is 0 Å². The fourth-order valence-corrected chi connectivity index (χ4v) is 2.69. The van der Waals surface area contributed by atoms with Crippen molar-refractivity contribution in [2.75, 3.05) is 24.5 Å². The molecule has 0 bridgehead atoms. The van der Waals surface area contributed by atoms with Gasteiger partial charge in [0.25, 0.3) is 0 Å². The molecule has 6 nitrogen and oxygen atoms in total. The molecule has 116 valence electrons. The molecule has 1 saturated heterocycles. The number of ether oxygens (including phenoxy) is 1. The summed E-state index contributed by atoms with van der Waals surface area (Å²) in [6.07, 6.45) is 2.14. The lowest BCUT2D eigenvalue weighted by molar-refractivity contribution is -0.386. The van der Waals surface area contributed by atoms with E-state index < -0.39 is 4.92 Å². The second kappa shape index (κ2) is 6.76. The number of nitro benzene ring substituents is 1. The van der Waals surface area contributed by atoms with E-state index in [0.29, 0.717) is 18.2 Å². The molecule has 1 unspecified atom stereocenters.